The summed E-state index contributed by atoms with van der Waals surface area (Å²) < 4.78 is 0. The number of nitrogens with one attached hydrogen (secondary N) is 2. The first kappa shape index (κ1) is 15.1. The first-order chi connectivity index (χ1) is 11.1. The Morgan fingerprint density at radius 1 is 0.913 bits per heavy atom. The summed E-state index contributed by atoms with van der Waals surface area (Å²) in [5.74, 6) is -0.158. The summed E-state index contributed by atoms with van der Waals surface area (Å²) in [6.45, 7) is 0. The van der Waals surface area contributed by atoms with Gasteiger partial charge in [0.15, 0.2) is 0 Å². The Bertz CT molecular complexity index is 738. The molecule has 2 aromatic rings. The summed E-state index contributed by atoms with van der Waals surface area (Å²) in [6.07, 6.45) is 4.45. The molecular weight excluding hydrogens is 290 g/mol. The van der Waals surface area contributed by atoms with Gasteiger partial charge in [-0.1, -0.05) is 12.1 Å². The predicted molar refractivity (Wildman–Crippen MR) is 90.7 cm³/mol. The Kier molecular flexibility index (Phi) is 4.28. The van der Waals surface area contributed by atoms with E-state index in [9.17, 15) is 9.59 Å². The monoisotopic (exact) mass is 309 g/mol. The maximum Gasteiger partial charge on any atom is 0.316 e. The van der Waals surface area contributed by atoms with Crippen molar-refractivity contribution in [2.24, 2.45) is 5.73 Å². The standard InChI is InChI=1S/C18H19N3O2/c19-18(23)20-14-10-8-13(9-11-14)17(22)21-16-7-3-5-12-4-1-2-6-15(12)16/h3,5,7-11H,1-2,4,6H2,(H,21,22)(H3,19,20,23). The molecule has 0 radical (unpaired) electrons. The first-order valence-electron chi connectivity index (χ1n) is 7.72. The van der Waals surface area contributed by atoms with Crippen LogP contribution in [0.25, 0.3) is 0 Å². The van der Waals surface area contributed by atoms with Gasteiger partial charge in [-0.05, 0) is 67.1 Å². The summed E-state index contributed by atoms with van der Waals surface area (Å²) in [5.41, 5.74) is 9.63. The number of carbonyl (C=O) groups is 2. The van der Waals surface area contributed by atoms with Crippen LogP contribution in [-0.2, 0) is 12.8 Å². The lowest BCUT2D eigenvalue weighted by atomic mass is 9.90. The van der Waals surface area contributed by atoms with Gasteiger partial charge in [-0.25, -0.2) is 4.79 Å². The van der Waals surface area contributed by atoms with Gasteiger partial charge in [-0.2, -0.15) is 0 Å². The highest BCUT2D eigenvalue weighted by atomic mass is 16.2. The molecule has 0 bridgehead atoms. The van der Waals surface area contributed by atoms with Gasteiger partial charge in [0, 0.05) is 16.9 Å². The van der Waals surface area contributed by atoms with E-state index in [1.54, 1.807) is 24.3 Å². The van der Waals surface area contributed by atoms with Gasteiger partial charge in [0.2, 0.25) is 0 Å². The molecule has 0 saturated carbocycles. The predicted octanol–water partition coefficient (Wildman–Crippen LogP) is 3.31. The minimum Gasteiger partial charge on any atom is -0.351 e. The Morgan fingerprint density at radius 2 is 1.65 bits per heavy atom. The number of rotatable bonds is 3. The molecule has 0 fully saturated rings. The minimum atomic E-state index is -0.627. The molecular formula is C18H19N3O2. The van der Waals surface area contributed by atoms with Crippen molar-refractivity contribution in [1.82, 2.24) is 0 Å². The van der Waals surface area contributed by atoms with Crippen molar-refractivity contribution in [3.8, 4) is 0 Å². The Balaban J connectivity index is 1.76. The average Bonchev–Trinajstić information content (AvgIpc) is 2.55. The molecule has 3 rings (SSSR count). The molecule has 23 heavy (non-hydrogen) atoms. The molecule has 3 amide bonds. The van der Waals surface area contributed by atoms with E-state index in [4.69, 9.17) is 5.73 Å². The largest absolute Gasteiger partial charge is 0.351 e. The maximum absolute atomic E-state index is 12.4. The van der Waals surface area contributed by atoms with Crippen molar-refractivity contribution in [2.45, 2.75) is 25.7 Å². The van der Waals surface area contributed by atoms with Crippen molar-refractivity contribution in [2.75, 3.05) is 10.6 Å². The Labute approximate surface area is 134 Å². The van der Waals surface area contributed by atoms with Crippen molar-refractivity contribution in [1.29, 1.82) is 0 Å². The lowest BCUT2D eigenvalue weighted by Crippen LogP contribution is -2.19. The molecule has 5 nitrogen and oxygen atoms in total. The zero-order valence-electron chi connectivity index (χ0n) is 12.8. The molecule has 1 aliphatic rings. The maximum atomic E-state index is 12.4. The summed E-state index contributed by atoms with van der Waals surface area (Å²) in [7, 11) is 0. The van der Waals surface area contributed by atoms with Crippen LogP contribution < -0.4 is 16.4 Å². The van der Waals surface area contributed by atoms with Crippen LogP contribution in [0.4, 0.5) is 16.2 Å². The van der Waals surface area contributed by atoms with Crippen molar-refractivity contribution >= 4 is 23.3 Å². The molecule has 2 aromatic carbocycles. The van der Waals surface area contributed by atoms with Crippen LogP contribution in [-0.4, -0.2) is 11.9 Å². The Hall–Kier alpha value is -2.82. The molecule has 5 heteroatoms. The fourth-order valence-corrected chi connectivity index (χ4v) is 2.94. The fraction of sp³-hybridized carbons (Fsp3) is 0.222. The number of aryl methyl sites for hydroxylation is 1. The van der Waals surface area contributed by atoms with E-state index in [0.717, 1.165) is 24.9 Å². The number of urea groups is 1. The molecule has 0 spiro atoms. The van der Waals surface area contributed by atoms with E-state index in [1.807, 2.05) is 12.1 Å². The number of hydrogen-bond acceptors (Lipinski definition) is 2. The van der Waals surface area contributed by atoms with Gasteiger partial charge in [-0.3, -0.25) is 4.79 Å². The second-order valence-electron chi connectivity index (χ2n) is 5.67. The molecule has 0 unspecified atom stereocenters. The van der Waals surface area contributed by atoms with E-state index in [-0.39, 0.29) is 5.91 Å². The number of anilines is 2. The molecule has 1 aliphatic carbocycles. The van der Waals surface area contributed by atoms with Crippen LogP contribution in [0.2, 0.25) is 0 Å². The molecule has 0 aromatic heterocycles. The van der Waals surface area contributed by atoms with Crippen LogP contribution in [0.15, 0.2) is 42.5 Å². The van der Waals surface area contributed by atoms with E-state index in [2.05, 4.69) is 16.7 Å². The quantitative estimate of drug-likeness (QED) is 0.812. The number of carbonyl (C=O) groups excluding carboxylic acids is 2. The van der Waals surface area contributed by atoms with Crippen LogP contribution in [0, 0.1) is 0 Å². The molecule has 118 valence electrons. The zero-order chi connectivity index (χ0) is 16.2. The van der Waals surface area contributed by atoms with Crippen LogP contribution in [0.5, 0.6) is 0 Å². The SMILES string of the molecule is NC(=O)Nc1ccc(C(=O)Nc2cccc3c2CCCC3)cc1. The third-order valence-corrected chi connectivity index (χ3v) is 4.06. The fourth-order valence-electron chi connectivity index (χ4n) is 2.94. The highest BCUT2D eigenvalue weighted by molar-refractivity contribution is 6.05. The zero-order valence-corrected chi connectivity index (χ0v) is 12.8. The highest BCUT2D eigenvalue weighted by Gasteiger charge is 2.15. The van der Waals surface area contributed by atoms with E-state index >= 15 is 0 Å². The van der Waals surface area contributed by atoms with Crippen LogP contribution in [0.1, 0.15) is 34.3 Å². The van der Waals surface area contributed by atoms with Gasteiger partial charge in [-0.15, -0.1) is 0 Å². The van der Waals surface area contributed by atoms with Gasteiger partial charge < -0.3 is 16.4 Å². The molecule has 0 heterocycles. The number of primary amides is 1. The van der Waals surface area contributed by atoms with Gasteiger partial charge in [0.05, 0.1) is 0 Å². The van der Waals surface area contributed by atoms with Crippen molar-refractivity contribution in [3.63, 3.8) is 0 Å². The summed E-state index contributed by atoms with van der Waals surface area (Å²) in [5, 5.41) is 5.46. The topological polar surface area (TPSA) is 84.2 Å². The average molecular weight is 309 g/mol. The lowest BCUT2D eigenvalue weighted by molar-refractivity contribution is 0.102. The summed E-state index contributed by atoms with van der Waals surface area (Å²) in [4.78, 5) is 23.2. The van der Waals surface area contributed by atoms with Crippen LogP contribution >= 0.6 is 0 Å². The molecule has 4 N–H and O–H groups in total. The van der Waals surface area contributed by atoms with Crippen molar-refractivity contribution in [3.05, 3.63) is 59.2 Å². The summed E-state index contributed by atoms with van der Waals surface area (Å²) >= 11 is 0. The summed E-state index contributed by atoms with van der Waals surface area (Å²) in [6, 6.07) is 12.1. The minimum absolute atomic E-state index is 0.158. The van der Waals surface area contributed by atoms with Gasteiger partial charge in [0.25, 0.3) is 5.91 Å². The second kappa shape index (κ2) is 6.52. The van der Waals surface area contributed by atoms with E-state index < -0.39 is 6.03 Å². The van der Waals surface area contributed by atoms with Crippen LogP contribution in [0.3, 0.4) is 0 Å². The van der Waals surface area contributed by atoms with Gasteiger partial charge in [0.1, 0.15) is 0 Å². The molecule has 0 aliphatic heterocycles. The van der Waals surface area contributed by atoms with Gasteiger partial charge >= 0.3 is 6.03 Å². The highest BCUT2D eigenvalue weighted by Crippen LogP contribution is 2.28. The van der Waals surface area contributed by atoms with E-state index in [1.165, 1.54) is 17.5 Å². The first-order valence-corrected chi connectivity index (χ1v) is 7.72. The molecule has 0 saturated heterocycles. The lowest BCUT2D eigenvalue weighted by Gasteiger charge is -2.19. The number of hydrogen-bond donors (Lipinski definition) is 3. The normalized spacial score (nSPS) is 13.0. The molecule has 0 atom stereocenters. The smallest absolute Gasteiger partial charge is 0.316 e. The third kappa shape index (κ3) is 3.51. The third-order valence-electron chi connectivity index (χ3n) is 4.06. The number of fused-ring (bicyclic) bond motifs is 1. The van der Waals surface area contributed by atoms with E-state index in [0.29, 0.717) is 11.3 Å². The number of amides is 3. The Morgan fingerprint density at radius 3 is 2.39 bits per heavy atom. The second-order valence-corrected chi connectivity index (χ2v) is 5.67. The van der Waals surface area contributed by atoms with Crippen molar-refractivity contribution < 1.29 is 9.59 Å². The number of benzene rings is 2. The number of nitrogens with two attached hydrogens (primary N) is 1.